The molecular weight excluding hydrogens is 448 g/mol. The third-order valence-corrected chi connectivity index (χ3v) is 6.84. The Hall–Kier alpha value is -3.48. The highest BCUT2D eigenvalue weighted by atomic mass is 16.5. The molecule has 4 aromatic rings. The van der Waals surface area contributed by atoms with Gasteiger partial charge in [-0.05, 0) is 43.5 Å². The number of hydrogen-bond acceptors (Lipinski definition) is 4. The summed E-state index contributed by atoms with van der Waals surface area (Å²) < 4.78 is 7.56. The first-order valence-electron chi connectivity index (χ1n) is 12.8. The molecule has 1 N–H and O–H groups in total. The summed E-state index contributed by atoms with van der Waals surface area (Å²) in [6, 6.07) is 21.2. The normalized spacial score (nSPS) is 14.3. The zero-order chi connectivity index (χ0) is 24.9. The highest BCUT2D eigenvalue weighted by Gasteiger charge is 2.17. The summed E-state index contributed by atoms with van der Waals surface area (Å²) in [5, 5.41) is 3.10. The fourth-order valence-electron chi connectivity index (χ4n) is 4.77. The van der Waals surface area contributed by atoms with Crippen molar-refractivity contribution in [3.63, 3.8) is 0 Å². The van der Waals surface area contributed by atoms with Crippen molar-refractivity contribution in [3.05, 3.63) is 83.7 Å². The summed E-state index contributed by atoms with van der Waals surface area (Å²) in [7, 11) is 0. The van der Waals surface area contributed by atoms with Crippen molar-refractivity contribution in [1.82, 2.24) is 19.6 Å². The monoisotopic (exact) mass is 482 g/mol. The molecule has 5 rings (SSSR count). The molecule has 1 aliphatic heterocycles. The van der Waals surface area contributed by atoms with Gasteiger partial charge in [0.2, 0.25) is 5.91 Å². The van der Waals surface area contributed by atoms with Crippen molar-refractivity contribution < 1.29 is 9.53 Å². The maximum Gasteiger partial charge on any atom is 0.220 e. The van der Waals surface area contributed by atoms with E-state index in [4.69, 9.17) is 9.72 Å². The second-order valence-electron chi connectivity index (χ2n) is 9.59. The number of ether oxygens (including phenoxy) is 1. The third kappa shape index (κ3) is 5.66. The maximum atomic E-state index is 12.8. The summed E-state index contributed by atoms with van der Waals surface area (Å²) in [6.07, 6.45) is 3.19. The van der Waals surface area contributed by atoms with Gasteiger partial charge in [-0.3, -0.25) is 9.69 Å². The third-order valence-electron chi connectivity index (χ3n) is 6.84. The van der Waals surface area contributed by atoms with Crippen LogP contribution < -0.4 is 5.32 Å². The molecule has 6 heteroatoms. The van der Waals surface area contributed by atoms with Crippen molar-refractivity contribution in [1.29, 1.82) is 0 Å². The molecule has 0 saturated carbocycles. The smallest absolute Gasteiger partial charge is 0.220 e. The Labute approximate surface area is 212 Å². The standard InChI is InChI=1S/C30H34N4O2/c1-22-6-8-24(9-7-22)30-27(11-13-29(35)31-14-15-33-16-18-36-19-17-33)34-21-26(10-12-28(34)32-30)25-5-3-4-23(2)20-25/h3-10,12,20-21H,11,13-19H2,1-2H3,(H,31,35). The molecule has 0 atom stereocenters. The van der Waals surface area contributed by atoms with Crippen molar-refractivity contribution >= 4 is 11.6 Å². The van der Waals surface area contributed by atoms with Crippen LogP contribution in [0.5, 0.6) is 0 Å². The zero-order valence-electron chi connectivity index (χ0n) is 21.2. The number of benzene rings is 2. The minimum atomic E-state index is 0.0721. The van der Waals surface area contributed by atoms with Crippen LogP contribution in [0, 0.1) is 13.8 Å². The first kappa shape index (κ1) is 24.2. The molecular formula is C30H34N4O2. The van der Waals surface area contributed by atoms with E-state index in [1.807, 2.05) is 0 Å². The molecule has 1 aliphatic rings. The van der Waals surface area contributed by atoms with Crippen LogP contribution >= 0.6 is 0 Å². The molecule has 0 bridgehead atoms. The quantitative estimate of drug-likeness (QED) is 0.397. The van der Waals surface area contributed by atoms with Gasteiger partial charge in [0.25, 0.3) is 0 Å². The molecule has 1 amide bonds. The second-order valence-corrected chi connectivity index (χ2v) is 9.59. The Balaban J connectivity index is 1.38. The minimum absolute atomic E-state index is 0.0721. The van der Waals surface area contributed by atoms with Gasteiger partial charge in [0.05, 0.1) is 24.6 Å². The van der Waals surface area contributed by atoms with E-state index >= 15 is 0 Å². The van der Waals surface area contributed by atoms with E-state index in [9.17, 15) is 4.79 Å². The summed E-state index contributed by atoms with van der Waals surface area (Å²) in [5.74, 6) is 0.0721. The molecule has 0 radical (unpaired) electrons. The second kappa shape index (κ2) is 11.1. The zero-order valence-corrected chi connectivity index (χ0v) is 21.2. The van der Waals surface area contributed by atoms with E-state index in [2.05, 4.69) is 95.3 Å². The van der Waals surface area contributed by atoms with Gasteiger partial charge in [0.15, 0.2) is 0 Å². The number of carbonyl (C=O) groups excluding carboxylic acids is 1. The van der Waals surface area contributed by atoms with Gasteiger partial charge >= 0.3 is 0 Å². The highest BCUT2D eigenvalue weighted by molar-refractivity contribution is 5.77. The molecule has 36 heavy (non-hydrogen) atoms. The van der Waals surface area contributed by atoms with E-state index in [0.717, 1.165) is 61.0 Å². The number of pyridine rings is 1. The number of aryl methyl sites for hydroxylation is 3. The van der Waals surface area contributed by atoms with Gasteiger partial charge in [-0.1, -0.05) is 59.7 Å². The highest BCUT2D eigenvalue weighted by Crippen LogP contribution is 2.29. The Bertz CT molecular complexity index is 1340. The van der Waals surface area contributed by atoms with E-state index < -0.39 is 0 Å². The Morgan fingerprint density at radius 3 is 2.50 bits per heavy atom. The molecule has 6 nitrogen and oxygen atoms in total. The van der Waals surface area contributed by atoms with Gasteiger partial charge < -0.3 is 14.5 Å². The molecule has 2 aromatic heterocycles. The van der Waals surface area contributed by atoms with E-state index in [0.29, 0.717) is 19.4 Å². The van der Waals surface area contributed by atoms with Crippen LogP contribution in [0.2, 0.25) is 0 Å². The minimum Gasteiger partial charge on any atom is -0.379 e. The first-order chi connectivity index (χ1) is 17.6. The first-order valence-corrected chi connectivity index (χ1v) is 12.8. The van der Waals surface area contributed by atoms with Gasteiger partial charge in [-0.15, -0.1) is 0 Å². The molecule has 0 aliphatic carbocycles. The maximum absolute atomic E-state index is 12.8. The molecule has 0 spiro atoms. The van der Waals surface area contributed by atoms with Crippen molar-refractivity contribution in [2.45, 2.75) is 26.7 Å². The van der Waals surface area contributed by atoms with Gasteiger partial charge in [-0.2, -0.15) is 0 Å². The molecule has 0 unspecified atom stereocenters. The number of aromatic nitrogens is 2. The lowest BCUT2D eigenvalue weighted by Crippen LogP contribution is -2.41. The number of imidazole rings is 1. The number of hydrogen-bond donors (Lipinski definition) is 1. The van der Waals surface area contributed by atoms with Crippen molar-refractivity contribution in [2.24, 2.45) is 0 Å². The Morgan fingerprint density at radius 2 is 1.72 bits per heavy atom. The predicted octanol–water partition coefficient (Wildman–Crippen LogP) is 4.67. The van der Waals surface area contributed by atoms with Crippen LogP contribution in [-0.2, 0) is 16.0 Å². The van der Waals surface area contributed by atoms with Crippen molar-refractivity contribution in [3.8, 4) is 22.4 Å². The predicted molar refractivity (Wildman–Crippen MR) is 144 cm³/mol. The lowest BCUT2D eigenvalue weighted by molar-refractivity contribution is -0.121. The lowest BCUT2D eigenvalue weighted by atomic mass is 10.0. The number of rotatable bonds is 8. The van der Waals surface area contributed by atoms with E-state index in [1.54, 1.807) is 0 Å². The number of amides is 1. The number of nitrogens with one attached hydrogen (secondary N) is 1. The Morgan fingerprint density at radius 1 is 0.944 bits per heavy atom. The van der Waals surface area contributed by atoms with Crippen LogP contribution in [0.4, 0.5) is 0 Å². The summed E-state index contributed by atoms with van der Waals surface area (Å²) in [4.78, 5) is 20.1. The summed E-state index contributed by atoms with van der Waals surface area (Å²) >= 11 is 0. The van der Waals surface area contributed by atoms with Gasteiger partial charge in [-0.25, -0.2) is 4.98 Å². The molecule has 186 valence electrons. The topological polar surface area (TPSA) is 58.9 Å². The summed E-state index contributed by atoms with van der Waals surface area (Å²) in [5.41, 5.74) is 8.72. The molecule has 3 heterocycles. The molecule has 2 aromatic carbocycles. The number of morpholine rings is 1. The van der Waals surface area contributed by atoms with Gasteiger partial charge in [0, 0.05) is 44.4 Å². The lowest BCUT2D eigenvalue weighted by Gasteiger charge is -2.26. The van der Waals surface area contributed by atoms with E-state index in [1.165, 1.54) is 16.7 Å². The van der Waals surface area contributed by atoms with Crippen molar-refractivity contribution in [2.75, 3.05) is 39.4 Å². The SMILES string of the molecule is Cc1ccc(-c2nc3ccc(-c4cccc(C)c4)cn3c2CCC(=O)NCCN2CCOCC2)cc1. The number of nitrogens with zero attached hydrogens (tertiary/aromatic N) is 3. The number of carbonyl (C=O) groups is 1. The van der Waals surface area contributed by atoms with Crippen LogP contribution in [0.25, 0.3) is 28.0 Å². The van der Waals surface area contributed by atoms with Crippen LogP contribution in [0.15, 0.2) is 66.9 Å². The molecule has 1 fully saturated rings. The van der Waals surface area contributed by atoms with Crippen LogP contribution in [0.1, 0.15) is 23.2 Å². The average molecular weight is 483 g/mol. The number of fused-ring (bicyclic) bond motifs is 1. The fourth-order valence-corrected chi connectivity index (χ4v) is 4.77. The van der Waals surface area contributed by atoms with Gasteiger partial charge in [0.1, 0.15) is 5.65 Å². The fraction of sp³-hybridized carbons (Fsp3) is 0.333. The largest absolute Gasteiger partial charge is 0.379 e. The Kier molecular flexibility index (Phi) is 7.44. The summed E-state index contributed by atoms with van der Waals surface area (Å²) in [6.45, 7) is 9.12. The van der Waals surface area contributed by atoms with E-state index in [-0.39, 0.29) is 5.91 Å². The average Bonchev–Trinajstić information content (AvgIpc) is 3.26. The molecule has 1 saturated heterocycles. The van der Waals surface area contributed by atoms with Crippen LogP contribution in [-0.4, -0.2) is 59.6 Å². The van der Waals surface area contributed by atoms with Crippen LogP contribution in [0.3, 0.4) is 0 Å².